The first-order valence-corrected chi connectivity index (χ1v) is 9.12. The number of hydrogen-bond acceptors (Lipinski definition) is 4. The molecule has 0 fully saturated rings. The molecular formula is C22H12Cl2O4. The minimum Gasteiger partial charge on any atom is -0.441 e. The predicted octanol–water partition coefficient (Wildman–Crippen LogP) is 4.91. The number of fused-ring (bicyclic) bond motifs is 1. The van der Waals surface area contributed by atoms with Crippen molar-refractivity contribution in [2.24, 2.45) is 0 Å². The van der Waals surface area contributed by atoms with Gasteiger partial charge >= 0.3 is 5.97 Å². The average molecular weight is 411 g/mol. The third-order valence-electron chi connectivity index (χ3n) is 4.81. The second-order valence-corrected chi connectivity index (χ2v) is 7.00. The smallest absolute Gasteiger partial charge is 0.340 e. The summed E-state index contributed by atoms with van der Waals surface area (Å²) in [6, 6.07) is 20.2. The highest BCUT2D eigenvalue weighted by Crippen LogP contribution is 2.47. The second-order valence-electron chi connectivity index (χ2n) is 6.32. The van der Waals surface area contributed by atoms with Gasteiger partial charge in [-0.2, -0.15) is 0 Å². The Balaban J connectivity index is 1.96. The van der Waals surface area contributed by atoms with E-state index in [2.05, 4.69) is 0 Å². The molecule has 0 saturated heterocycles. The van der Waals surface area contributed by atoms with E-state index in [1.165, 1.54) is 0 Å². The highest BCUT2D eigenvalue weighted by atomic mass is 35.5. The number of carbonyl (C=O) groups excluding carboxylic acids is 3. The molecule has 0 bridgehead atoms. The summed E-state index contributed by atoms with van der Waals surface area (Å²) in [5, 5.41) is -1.15. The van der Waals surface area contributed by atoms with Crippen molar-refractivity contribution < 1.29 is 19.1 Å². The molecule has 0 radical (unpaired) electrons. The average Bonchev–Trinajstić information content (AvgIpc) is 3.02. The molecule has 138 valence electrons. The first-order chi connectivity index (χ1) is 13.4. The van der Waals surface area contributed by atoms with Crippen LogP contribution in [0.3, 0.4) is 0 Å². The fraction of sp³-hybridized carbons (Fsp3) is 0.0455. The van der Waals surface area contributed by atoms with Gasteiger partial charge in [-0.1, -0.05) is 42.5 Å². The number of esters is 1. The van der Waals surface area contributed by atoms with Crippen LogP contribution in [0.15, 0.2) is 72.8 Å². The summed E-state index contributed by atoms with van der Waals surface area (Å²) in [7, 11) is 0. The van der Waals surface area contributed by atoms with E-state index in [1.54, 1.807) is 60.7 Å². The molecule has 0 atom stereocenters. The van der Waals surface area contributed by atoms with Gasteiger partial charge in [-0.15, -0.1) is 0 Å². The monoisotopic (exact) mass is 410 g/mol. The van der Waals surface area contributed by atoms with Gasteiger partial charge < -0.3 is 4.74 Å². The molecule has 28 heavy (non-hydrogen) atoms. The van der Waals surface area contributed by atoms with Crippen LogP contribution in [0.4, 0.5) is 0 Å². The van der Waals surface area contributed by atoms with E-state index in [4.69, 9.17) is 27.9 Å². The van der Waals surface area contributed by atoms with Gasteiger partial charge in [0.15, 0.2) is 5.60 Å². The van der Waals surface area contributed by atoms with E-state index >= 15 is 0 Å². The first-order valence-electron chi connectivity index (χ1n) is 8.37. The molecule has 1 aliphatic heterocycles. The van der Waals surface area contributed by atoms with Gasteiger partial charge in [-0.25, -0.2) is 4.79 Å². The van der Waals surface area contributed by atoms with E-state index in [1.807, 2.05) is 12.1 Å². The van der Waals surface area contributed by atoms with Gasteiger partial charge in [0.2, 0.25) is 0 Å². The van der Waals surface area contributed by atoms with Crippen molar-refractivity contribution >= 4 is 39.7 Å². The Hall–Kier alpha value is -2.95. The minimum atomic E-state index is -1.21. The zero-order chi connectivity index (χ0) is 19.9. The van der Waals surface area contributed by atoms with Gasteiger partial charge in [0.25, 0.3) is 10.5 Å². The molecule has 0 spiro atoms. The van der Waals surface area contributed by atoms with Crippen molar-refractivity contribution in [2.75, 3.05) is 0 Å². The number of cyclic esters (lactones) is 1. The topological polar surface area (TPSA) is 60.4 Å². The molecule has 1 heterocycles. The van der Waals surface area contributed by atoms with Crippen LogP contribution >= 0.6 is 23.2 Å². The quantitative estimate of drug-likeness (QED) is 0.452. The summed E-state index contributed by atoms with van der Waals surface area (Å²) in [6.45, 7) is 0. The Kier molecular flexibility index (Phi) is 4.53. The molecule has 4 rings (SSSR count). The van der Waals surface area contributed by atoms with Gasteiger partial charge in [0, 0.05) is 27.8 Å². The van der Waals surface area contributed by atoms with Crippen molar-refractivity contribution in [3.8, 4) is 0 Å². The zero-order valence-corrected chi connectivity index (χ0v) is 15.8. The first kappa shape index (κ1) is 18.4. The van der Waals surface area contributed by atoms with E-state index in [-0.39, 0.29) is 0 Å². The van der Waals surface area contributed by atoms with E-state index in [9.17, 15) is 14.4 Å². The van der Waals surface area contributed by atoms with Crippen LogP contribution in [0.5, 0.6) is 0 Å². The van der Waals surface area contributed by atoms with Crippen LogP contribution in [0.2, 0.25) is 0 Å². The molecule has 6 heteroatoms. The van der Waals surface area contributed by atoms with E-state index in [0.717, 1.165) is 0 Å². The van der Waals surface area contributed by atoms with E-state index in [0.29, 0.717) is 33.4 Å². The number of rotatable bonds is 4. The molecule has 0 N–H and O–H groups in total. The fourth-order valence-electron chi connectivity index (χ4n) is 3.48. The lowest BCUT2D eigenvalue weighted by Gasteiger charge is -2.30. The fourth-order valence-corrected chi connectivity index (χ4v) is 3.74. The minimum absolute atomic E-state index is 0.334. The molecule has 4 nitrogen and oxygen atoms in total. The summed E-state index contributed by atoms with van der Waals surface area (Å²) in [6.07, 6.45) is 0. The van der Waals surface area contributed by atoms with Gasteiger partial charge in [0.1, 0.15) is 0 Å². The molecular weight excluding hydrogens is 399 g/mol. The van der Waals surface area contributed by atoms with E-state index < -0.39 is 22.1 Å². The van der Waals surface area contributed by atoms with Crippen molar-refractivity contribution in [1.82, 2.24) is 0 Å². The Morgan fingerprint density at radius 3 is 1.64 bits per heavy atom. The zero-order valence-electron chi connectivity index (χ0n) is 14.3. The van der Waals surface area contributed by atoms with Crippen molar-refractivity contribution in [3.05, 3.63) is 106 Å². The molecule has 0 saturated carbocycles. The SMILES string of the molecule is O=C(Cl)c1ccc(C2(c3ccc(C(=O)Cl)cc3)OC(=O)c3ccccc32)cc1. The Morgan fingerprint density at radius 1 is 0.714 bits per heavy atom. The highest BCUT2D eigenvalue weighted by Gasteiger charge is 2.48. The van der Waals surface area contributed by atoms with Gasteiger partial charge in [0.05, 0.1) is 5.56 Å². The van der Waals surface area contributed by atoms with Crippen molar-refractivity contribution in [3.63, 3.8) is 0 Å². The van der Waals surface area contributed by atoms with Crippen molar-refractivity contribution in [1.29, 1.82) is 0 Å². The van der Waals surface area contributed by atoms with Crippen LogP contribution in [-0.4, -0.2) is 16.5 Å². The Labute approximate surface area is 170 Å². The molecule has 3 aromatic carbocycles. The number of halogens is 2. The lowest BCUT2D eigenvalue weighted by atomic mass is 9.79. The second kappa shape index (κ2) is 6.89. The maximum atomic E-state index is 12.6. The maximum absolute atomic E-state index is 12.6. The van der Waals surface area contributed by atoms with Gasteiger partial charge in [-0.05, 0) is 53.5 Å². The largest absolute Gasteiger partial charge is 0.441 e. The normalized spacial score (nSPS) is 14.3. The lowest BCUT2D eigenvalue weighted by molar-refractivity contribution is 0.0251. The summed E-state index contributed by atoms with van der Waals surface area (Å²) >= 11 is 11.1. The van der Waals surface area contributed by atoms with Crippen molar-refractivity contribution in [2.45, 2.75) is 5.60 Å². The van der Waals surface area contributed by atoms with Crippen LogP contribution in [-0.2, 0) is 10.3 Å². The summed E-state index contributed by atoms with van der Waals surface area (Å²) in [4.78, 5) is 35.4. The number of ether oxygens (including phenoxy) is 1. The predicted molar refractivity (Wildman–Crippen MR) is 105 cm³/mol. The summed E-state index contributed by atoms with van der Waals surface area (Å²) in [5.41, 5.74) is 1.89. The molecule has 0 unspecified atom stereocenters. The van der Waals surface area contributed by atoms with Gasteiger partial charge in [-0.3, -0.25) is 9.59 Å². The molecule has 0 aliphatic carbocycles. The van der Waals surface area contributed by atoms with Crippen LogP contribution in [0, 0.1) is 0 Å². The highest BCUT2D eigenvalue weighted by molar-refractivity contribution is 6.68. The number of benzene rings is 3. The molecule has 1 aliphatic rings. The molecule has 3 aromatic rings. The lowest BCUT2D eigenvalue weighted by Crippen LogP contribution is -2.29. The number of carbonyl (C=O) groups is 3. The third kappa shape index (κ3) is 2.82. The maximum Gasteiger partial charge on any atom is 0.340 e. The summed E-state index contributed by atoms with van der Waals surface area (Å²) in [5.74, 6) is -0.453. The molecule has 0 amide bonds. The number of hydrogen-bond donors (Lipinski definition) is 0. The molecule has 0 aromatic heterocycles. The van der Waals surface area contributed by atoms with Crippen LogP contribution in [0.25, 0.3) is 0 Å². The van der Waals surface area contributed by atoms with Crippen LogP contribution in [0.1, 0.15) is 47.8 Å². The third-order valence-corrected chi connectivity index (χ3v) is 5.25. The summed E-state index contributed by atoms with van der Waals surface area (Å²) < 4.78 is 5.92. The van der Waals surface area contributed by atoms with Crippen LogP contribution < -0.4 is 0 Å². The Morgan fingerprint density at radius 2 is 1.18 bits per heavy atom. The Bertz CT molecular complexity index is 1040. The standard InChI is InChI=1S/C22H12Cl2O4/c23-19(25)13-5-9-15(10-6-13)22(16-11-7-14(8-12-16)20(24)26)18-4-2-1-3-17(18)21(27)28-22/h1-12H.